The summed E-state index contributed by atoms with van der Waals surface area (Å²) in [6.45, 7) is -0.262. The van der Waals surface area contributed by atoms with E-state index in [9.17, 15) is 14.4 Å². The number of hydrogen-bond acceptors (Lipinski definition) is 5. The number of morpholine rings is 1. The molecule has 0 aliphatic carbocycles. The van der Waals surface area contributed by atoms with Crippen LogP contribution >= 0.6 is 0 Å². The van der Waals surface area contributed by atoms with Crippen molar-refractivity contribution in [1.29, 1.82) is 0 Å². The number of benzene rings is 2. The summed E-state index contributed by atoms with van der Waals surface area (Å²) in [7, 11) is 1.33. The number of aromatic amines is 1. The van der Waals surface area contributed by atoms with Crippen LogP contribution in [-0.2, 0) is 25.5 Å². The van der Waals surface area contributed by atoms with E-state index in [1.807, 2.05) is 24.3 Å². The summed E-state index contributed by atoms with van der Waals surface area (Å²) in [5.74, 6) is -1.06. The molecule has 7 heteroatoms. The highest BCUT2D eigenvalue weighted by Crippen LogP contribution is 2.42. The standard InChI is InChI=1S/C22H18N2O5/c1-28-21(26)13-8-6-12(7-9-13)20-19-15(14-4-2-3-5-16(14)23-19)10-17-22(27)29-11-18(25)24(17)20/h2-9,17,20,23H,10-11H2,1H3/t17-,20+/m0/s1. The molecule has 2 aliphatic heterocycles. The van der Waals surface area contributed by atoms with E-state index in [1.54, 1.807) is 29.2 Å². The fourth-order valence-corrected chi connectivity index (χ4v) is 4.35. The van der Waals surface area contributed by atoms with Gasteiger partial charge < -0.3 is 19.4 Å². The maximum Gasteiger partial charge on any atom is 0.337 e. The minimum Gasteiger partial charge on any atom is -0.465 e. The van der Waals surface area contributed by atoms with Crippen LogP contribution in [-0.4, -0.2) is 47.5 Å². The second-order valence-corrected chi connectivity index (χ2v) is 7.21. The van der Waals surface area contributed by atoms with Gasteiger partial charge in [-0.15, -0.1) is 0 Å². The smallest absolute Gasteiger partial charge is 0.337 e. The van der Waals surface area contributed by atoms with E-state index in [1.165, 1.54) is 7.11 Å². The number of amides is 1. The summed E-state index contributed by atoms with van der Waals surface area (Å²) in [6.07, 6.45) is 0.403. The van der Waals surface area contributed by atoms with Crippen molar-refractivity contribution in [2.75, 3.05) is 13.7 Å². The average molecular weight is 390 g/mol. The highest BCUT2D eigenvalue weighted by Gasteiger charge is 2.46. The number of ether oxygens (including phenoxy) is 2. The molecule has 0 radical (unpaired) electrons. The van der Waals surface area contributed by atoms with Crippen LogP contribution in [0.25, 0.3) is 10.9 Å². The highest BCUT2D eigenvalue weighted by molar-refractivity contribution is 5.94. The predicted molar refractivity (Wildman–Crippen MR) is 103 cm³/mol. The summed E-state index contributed by atoms with van der Waals surface area (Å²) in [5, 5.41) is 1.03. The molecular weight excluding hydrogens is 372 g/mol. The van der Waals surface area contributed by atoms with Gasteiger partial charge in [0.2, 0.25) is 0 Å². The molecule has 1 amide bonds. The third kappa shape index (κ3) is 2.61. The topological polar surface area (TPSA) is 88.7 Å². The second-order valence-electron chi connectivity index (χ2n) is 7.21. The van der Waals surface area contributed by atoms with Crippen LogP contribution in [0.2, 0.25) is 0 Å². The second kappa shape index (κ2) is 6.48. The number of para-hydroxylation sites is 1. The average Bonchev–Trinajstić information content (AvgIpc) is 3.13. The van der Waals surface area contributed by atoms with Crippen LogP contribution in [0, 0.1) is 0 Å². The minimum absolute atomic E-state index is 0.235. The van der Waals surface area contributed by atoms with E-state index in [-0.39, 0.29) is 12.5 Å². The summed E-state index contributed by atoms with van der Waals surface area (Å²) in [4.78, 5) is 42.1. The van der Waals surface area contributed by atoms with E-state index < -0.39 is 24.0 Å². The first-order chi connectivity index (χ1) is 14.1. The molecule has 0 spiro atoms. The van der Waals surface area contributed by atoms with Gasteiger partial charge in [-0.2, -0.15) is 0 Å². The van der Waals surface area contributed by atoms with Gasteiger partial charge in [0.1, 0.15) is 6.04 Å². The first-order valence-corrected chi connectivity index (χ1v) is 9.34. The molecule has 2 atom stereocenters. The summed E-state index contributed by atoms with van der Waals surface area (Å²) < 4.78 is 9.87. The maximum absolute atomic E-state index is 12.8. The van der Waals surface area contributed by atoms with Gasteiger partial charge in [-0.1, -0.05) is 30.3 Å². The van der Waals surface area contributed by atoms with Crippen LogP contribution in [0.15, 0.2) is 48.5 Å². The van der Waals surface area contributed by atoms with Crippen LogP contribution in [0.4, 0.5) is 0 Å². The number of carbonyl (C=O) groups is 3. The molecule has 2 aliphatic rings. The number of esters is 2. The highest BCUT2D eigenvalue weighted by atomic mass is 16.5. The van der Waals surface area contributed by atoms with E-state index in [2.05, 4.69) is 4.98 Å². The molecule has 0 unspecified atom stereocenters. The molecule has 2 aromatic carbocycles. The Morgan fingerprint density at radius 1 is 1.14 bits per heavy atom. The zero-order chi connectivity index (χ0) is 20.1. The molecule has 1 aromatic heterocycles. The van der Waals surface area contributed by atoms with Crippen LogP contribution in [0.3, 0.4) is 0 Å². The van der Waals surface area contributed by atoms with Gasteiger partial charge in [0.15, 0.2) is 6.61 Å². The molecule has 5 rings (SSSR count). The van der Waals surface area contributed by atoms with Crippen molar-refractivity contribution in [1.82, 2.24) is 9.88 Å². The fourth-order valence-electron chi connectivity index (χ4n) is 4.35. The number of hydrogen-bond donors (Lipinski definition) is 1. The lowest BCUT2D eigenvalue weighted by Gasteiger charge is -2.43. The molecular formula is C22H18N2O5. The third-order valence-electron chi connectivity index (χ3n) is 5.68. The summed E-state index contributed by atoms with van der Waals surface area (Å²) in [5.41, 5.74) is 4.07. The van der Waals surface area contributed by atoms with E-state index >= 15 is 0 Å². The lowest BCUT2D eigenvalue weighted by Crippen LogP contribution is -2.57. The first-order valence-electron chi connectivity index (χ1n) is 9.34. The quantitative estimate of drug-likeness (QED) is 0.679. The van der Waals surface area contributed by atoms with Crippen molar-refractivity contribution in [3.05, 3.63) is 70.9 Å². The van der Waals surface area contributed by atoms with Gasteiger partial charge in [0, 0.05) is 23.0 Å². The van der Waals surface area contributed by atoms with Gasteiger partial charge in [-0.25, -0.2) is 9.59 Å². The number of methoxy groups -OCH3 is 1. The van der Waals surface area contributed by atoms with E-state index in [0.29, 0.717) is 12.0 Å². The molecule has 0 bridgehead atoms. The molecule has 1 fully saturated rings. The Hall–Kier alpha value is -3.61. The number of fused-ring (bicyclic) bond motifs is 4. The molecule has 146 valence electrons. The van der Waals surface area contributed by atoms with Crippen molar-refractivity contribution in [2.24, 2.45) is 0 Å². The van der Waals surface area contributed by atoms with Crippen LogP contribution in [0.1, 0.15) is 33.2 Å². The Balaban J connectivity index is 1.69. The predicted octanol–water partition coefficient (Wildman–Crippen LogP) is 2.35. The van der Waals surface area contributed by atoms with Crippen LogP contribution < -0.4 is 0 Å². The number of nitrogens with one attached hydrogen (secondary N) is 1. The largest absolute Gasteiger partial charge is 0.465 e. The Kier molecular flexibility index (Phi) is 3.91. The van der Waals surface area contributed by atoms with Gasteiger partial charge in [-0.3, -0.25) is 4.79 Å². The molecule has 3 aromatic rings. The normalized spacial score (nSPS) is 20.8. The molecule has 7 nitrogen and oxygen atoms in total. The van der Waals surface area contributed by atoms with E-state index in [4.69, 9.17) is 9.47 Å². The molecule has 1 N–H and O–H groups in total. The number of carbonyl (C=O) groups excluding carboxylic acids is 3. The van der Waals surface area contributed by atoms with Crippen molar-refractivity contribution in [2.45, 2.75) is 18.5 Å². The van der Waals surface area contributed by atoms with E-state index in [0.717, 1.165) is 27.7 Å². The first kappa shape index (κ1) is 17.5. The molecule has 29 heavy (non-hydrogen) atoms. The molecule has 1 saturated heterocycles. The Labute approximate surface area is 166 Å². The van der Waals surface area contributed by atoms with Gasteiger partial charge in [-0.05, 0) is 29.3 Å². The van der Waals surface area contributed by atoms with Crippen molar-refractivity contribution in [3.63, 3.8) is 0 Å². The Morgan fingerprint density at radius 2 is 1.90 bits per heavy atom. The number of rotatable bonds is 2. The number of H-pyrrole nitrogens is 1. The lowest BCUT2D eigenvalue weighted by molar-refractivity contribution is -0.171. The molecule has 3 heterocycles. The zero-order valence-corrected chi connectivity index (χ0v) is 15.7. The summed E-state index contributed by atoms with van der Waals surface area (Å²) in [6, 6.07) is 13.7. The fraction of sp³-hybridized carbons (Fsp3) is 0.227. The molecule has 0 saturated carbocycles. The van der Waals surface area contributed by atoms with Gasteiger partial charge in [0.05, 0.1) is 18.7 Å². The summed E-state index contributed by atoms with van der Waals surface area (Å²) >= 11 is 0. The van der Waals surface area contributed by atoms with Gasteiger partial charge in [0.25, 0.3) is 5.91 Å². The van der Waals surface area contributed by atoms with Crippen molar-refractivity contribution < 1.29 is 23.9 Å². The maximum atomic E-state index is 12.8. The SMILES string of the molecule is COC(=O)c1ccc([C@@H]2c3[nH]c4ccccc4c3C[C@H]3C(=O)OCC(=O)N23)cc1. The van der Waals surface area contributed by atoms with Crippen molar-refractivity contribution in [3.8, 4) is 0 Å². The third-order valence-corrected chi connectivity index (χ3v) is 5.68. The Morgan fingerprint density at radius 3 is 2.66 bits per heavy atom. The monoisotopic (exact) mass is 390 g/mol. The zero-order valence-electron chi connectivity index (χ0n) is 15.7. The number of aromatic nitrogens is 1. The van der Waals surface area contributed by atoms with Crippen molar-refractivity contribution >= 4 is 28.7 Å². The lowest BCUT2D eigenvalue weighted by atomic mass is 9.87. The van der Waals surface area contributed by atoms with Gasteiger partial charge >= 0.3 is 11.9 Å². The minimum atomic E-state index is -0.673. The number of nitrogens with zero attached hydrogens (tertiary/aromatic N) is 1. The number of cyclic esters (lactones) is 1. The van der Waals surface area contributed by atoms with Crippen LogP contribution in [0.5, 0.6) is 0 Å². The Bertz CT molecular complexity index is 1150.